The molecule has 0 spiro atoms. The van der Waals surface area contributed by atoms with Crippen molar-refractivity contribution in [3.63, 3.8) is 0 Å². The first-order chi connectivity index (χ1) is 15.0. The lowest BCUT2D eigenvalue weighted by molar-refractivity contribution is 0.454. The lowest BCUT2D eigenvalue weighted by Crippen LogP contribution is -2.25. The first-order valence-electron chi connectivity index (χ1n) is 9.81. The second kappa shape index (κ2) is 7.35. The van der Waals surface area contributed by atoms with E-state index in [9.17, 15) is 14.3 Å². The van der Waals surface area contributed by atoms with Crippen LogP contribution in [0, 0.1) is 5.82 Å². The Morgan fingerprint density at radius 1 is 1.35 bits per heavy atom. The minimum Gasteiger partial charge on any atom is -0.493 e. The normalized spacial score (nSPS) is 16.2. The second-order valence-corrected chi connectivity index (χ2v) is 7.45. The lowest BCUT2D eigenvalue weighted by Gasteiger charge is -2.14. The van der Waals surface area contributed by atoms with Crippen molar-refractivity contribution in [2.75, 3.05) is 5.32 Å². The molecular weight excluding hydrogens is 403 g/mol. The van der Waals surface area contributed by atoms with Crippen molar-refractivity contribution in [1.29, 1.82) is 0 Å². The first-order valence-corrected chi connectivity index (χ1v) is 9.81. The van der Waals surface area contributed by atoms with E-state index in [1.54, 1.807) is 18.3 Å². The molecule has 0 aliphatic heterocycles. The Balaban J connectivity index is 1.62. The van der Waals surface area contributed by atoms with E-state index in [-0.39, 0.29) is 29.5 Å². The summed E-state index contributed by atoms with van der Waals surface area (Å²) in [4.78, 5) is 29.9. The number of benzene rings is 1. The highest BCUT2D eigenvalue weighted by Gasteiger charge is 2.21. The number of halogens is 1. The lowest BCUT2D eigenvalue weighted by atomic mass is 10.1. The maximum absolute atomic E-state index is 13.6. The van der Waals surface area contributed by atoms with Crippen LogP contribution in [0.5, 0.6) is 5.88 Å². The summed E-state index contributed by atoms with van der Waals surface area (Å²) < 4.78 is 15.1. The molecule has 158 valence electrons. The van der Waals surface area contributed by atoms with Crippen LogP contribution in [0.4, 0.5) is 10.3 Å². The molecule has 1 aromatic carbocycles. The van der Waals surface area contributed by atoms with Gasteiger partial charge >= 0.3 is 5.69 Å². The van der Waals surface area contributed by atoms with Crippen LogP contribution in [-0.2, 0) is 0 Å². The highest BCUT2D eigenvalue weighted by molar-refractivity contribution is 5.57. The average molecular weight is 422 g/mol. The standard InChI is InChI=1S/C20H19FN8O2/c1-10(11-3-2-4-13(21)7-11)23-18-26-16-12(8-15-17(30)27-20(31)25-15)9-22-29(16)19(28-18)24-14-5-6-14/h2-4,7-10,14,30H,5-6H2,1H3,(H,23,24,28)(H2,25,27,31). The average Bonchev–Trinajstić information content (AvgIpc) is 3.37. The molecule has 11 heteroatoms. The molecule has 0 bridgehead atoms. The molecule has 4 N–H and O–H groups in total. The molecule has 1 atom stereocenters. The summed E-state index contributed by atoms with van der Waals surface area (Å²) in [5.74, 6) is -0.287. The topological polar surface area (TPSA) is 136 Å². The summed E-state index contributed by atoms with van der Waals surface area (Å²) in [6, 6.07) is 6.25. The van der Waals surface area contributed by atoms with E-state index in [0.29, 0.717) is 22.4 Å². The van der Waals surface area contributed by atoms with Crippen LogP contribution < -0.4 is 21.8 Å². The zero-order valence-electron chi connectivity index (χ0n) is 16.5. The van der Waals surface area contributed by atoms with Crippen molar-refractivity contribution in [1.82, 2.24) is 29.5 Å². The van der Waals surface area contributed by atoms with E-state index in [2.05, 4.69) is 35.3 Å². The van der Waals surface area contributed by atoms with Crippen LogP contribution in [0.1, 0.15) is 37.1 Å². The van der Waals surface area contributed by atoms with Gasteiger partial charge in [-0.05, 0) is 43.5 Å². The SMILES string of the molecule is CC(Nc1nc(=NC2CC2)n2ncc(=Cc3[nH]c(=O)[nH]c3O)c2n1)c1cccc(F)c1. The fourth-order valence-electron chi connectivity index (χ4n) is 3.20. The number of nitrogens with zero attached hydrogens (tertiary/aromatic N) is 5. The monoisotopic (exact) mass is 422 g/mol. The third-order valence-electron chi connectivity index (χ3n) is 4.95. The number of hydrogen-bond acceptors (Lipinski definition) is 7. The van der Waals surface area contributed by atoms with Gasteiger partial charge in [-0.15, -0.1) is 0 Å². The summed E-state index contributed by atoms with van der Waals surface area (Å²) in [6.07, 6.45) is 5.10. The van der Waals surface area contributed by atoms with Crippen molar-refractivity contribution in [2.45, 2.75) is 31.8 Å². The minimum atomic E-state index is -0.523. The number of aromatic hydroxyl groups is 1. The Kier molecular flexibility index (Phi) is 4.50. The van der Waals surface area contributed by atoms with Crippen LogP contribution in [-0.4, -0.2) is 40.7 Å². The first kappa shape index (κ1) is 19.0. The van der Waals surface area contributed by atoms with Gasteiger partial charge in [0.05, 0.1) is 18.3 Å². The van der Waals surface area contributed by atoms with Gasteiger partial charge in [-0.25, -0.2) is 14.2 Å². The van der Waals surface area contributed by atoms with Gasteiger partial charge in [-0.2, -0.15) is 19.6 Å². The highest BCUT2D eigenvalue weighted by Crippen LogP contribution is 2.22. The molecule has 1 fully saturated rings. The largest absolute Gasteiger partial charge is 0.493 e. The van der Waals surface area contributed by atoms with Crippen molar-refractivity contribution in [3.8, 4) is 5.88 Å². The fourth-order valence-corrected chi connectivity index (χ4v) is 3.20. The molecule has 3 aromatic heterocycles. The number of nitrogens with one attached hydrogen (secondary N) is 3. The maximum atomic E-state index is 13.6. The van der Waals surface area contributed by atoms with Gasteiger partial charge in [-0.1, -0.05) is 12.1 Å². The van der Waals surface area contributed by atoms with Gasteiger partial charge in [0.25, 0.3) is 5.62 Å². The number of aromatic nitrogens is 6. The predicted molar refractivity (Wildman–Crippen MR) is 110 cm³/mol. The van der Waals surface area contributed by atoms with Crippen molar-refractivity contribution in [2.24, 2.45) is 4.99 Å². The maximum Gasteiger partial charge on any atom is 0.326 e. The van der Waals surface area contributed by atoms with E-state index in [0.717, 1.165) is 18.4 Å². The Hall–Kier alpha value is -4.02. The Morgan fingerprint density at radius 2 is 2.19 bits per heavy atom. The van der Waals surface area contributed by atoms with Crippen molar-refractivity contribution < 1.29 is 9.50 Å². The molecule has 1 saturated carbocycles. The summed E-state index contributed by atoms with van der Waals surface area (Å²) >= 11 is 0. The highest BCUT2D eigenvalue weighted by atomic mass is 19.1. The zero-order valence-corrected chi connectivity index (χ0v) is 16.5. The van der Waals surface area contributed by atoms with Gasteiger partial charge in [0.15, 0.2) is 5.65 Å². The number of aromatic amines is 2. The summed E-state index contributed by atoms with van der Waals surface area (Å²) in [5.41, 5.74) is 1.28. The number of rotatable bonds is 5. The molecule has 0 radical (unpaired) electrons. The van der Waals surface area contributed by atoms with E-state index in [4.69, 9.17) is 0 Å². The fraction of sp³-hybridized carbons (Fsp3) is 0.250. The van der Waals surface area contributed by atoms with Gasteiger partial charge in [0.1, 0.15) is 11.5 Å². The molecule has 5 rings (SSSR count). The van der Waals surface area contributed by atoms with E-state index in [1.165, 1.54) is 16.6 Å². The minimum absolute atomic E-state index is 0.202. The molecule has 0 amide bonds. The number of hydrogen-bond donors (Lipinski definition) is 4. The quantitative estimate of drug-likeness (QED) is 0.375. The molecule has 4 aromatic rings. The molecule has 0 saturated heterocycles. The van der Waals surface area contributed by atoms with Crippen molar-refractivity contribution in [3.05, 3.63) is 68.9 Å². The van der Waals surface area contributed by atoms with Gasteiger partial charge in [0, 0.05) is 5.22 Å². The Morgan fingerprint density at radius 3 is 2.90 bits per heavy atom. The predicted octanol–water partition coefficient (Wildman–Crippen LogP) is 0.769. The van der Waals surface area contributed by atoms with Crippen molar-refractivity contribution >= 4 is 17.7 Å². The number of imidazole rings is 1. The molecule has 1 aliphatic carbocycles. The molecule has 31 heavy (non-hydrogen) atoms. The molecular formula is C20H19FN8O2. The summed E-state index contributed by atoms with van der Waals surface area (Å²) in [5, 5.41) is 17.9. The number of anilines is 1. The Labute approximate surface area is 174 Å². The summed E-state index contributed by atoms with van der Waals surface area (Å²) in [7, 11) is 0. The summed E-state index contributed by atoms with van der Waals surface area (Å²) in [6.45, 7) is 1.88. The number of H-pyrrole nitrogens is 2. The third kappa shape index (κ3) is 3.89. The van der Waals surface area contributed by atoms with Crippen LogP contribution in [0.25, 0.3) is 11.7 Å². The van der Waals surface area contributed by atoms with Gasteiger partial charge in [0.2, 0.25) is 11.8 Å². The zero-order chi connectivity index (χ0) is 21.5. The third-order valence-corrected chi connectivity index (χ3v) is 4.95. The van der Waals surface area contributed by atoms with E-state index in [1.807, 2.05) is 13.0 Å². The number of fused-ring (bicyclic) bond motifs is 1. The Bertz CT molecular complexity index is 1450. The molecule has 3 heterocycles. The van der Waals surface area contributed by atoms with Crippen LogP contribution in [0.15, 0.2) is 40.2 Å². The molecule has 1 unspecified atom stereocenters. The van der Waals surface area contributed by atoms with E-state index < -0.39 is 5.69 Å². The van der Waals surface area contributed by atoms with Gasteiger partial charge < -0.3 is 15.4 Å². The van der Waals surface area contributed by atoms with Crippen LogP contribution in [0.2, 0.25) is 0 Å². The molecule has 10 nitrogen and oxygen atoms in total. The smallest absolute Gasteiger partial charge is 0.326 e. The van der Waals surface area contributed by atoms with E-state index >= 15 is 0 Å². The van der Waals surface area contributed by atoms with Gasteiger partial charge in [-0.3, -0.25) is 4.98 Å². The molecule has 1 aliphatic rings. The van der Waals surface area contributed by atoms with Crippen LogP contribution >= 0.6 is 0 Å². The van der Waals surface area contributed by atoms with Crippen LogP contribution in [0.3, 0.4) is 0 Å². The second-order valence-electron chi connectivity index (χ2n) is 7.45.